The Morgan fingerprint density at radius 2 is 1.76 bits per heavy atom. The molecule has 0 bridgehead atoms. The van der Waals surface area contributed by atoms with Gasteiger partial charge < -0.3 is 19.9 Å². The number of aromatic nitrogens is 2. The Morgan fingerprint density at radius 3 is 2.55 bits per heavy atom. The van der Waals surface area contributed by atoms with Crippen LogP contribution in [0.15, 0.2) is 60.8 Å². The van der Waals surface area contributed by atoms with Crippen molar-refractivity contribution in [3.05, 3.63) is 66.4 Å². The summed E-state index contributed by atoms with van der Waals surface area (Å²) < 4.78 is 5.68. The summed E-state index contributed by atoms with van der Waals surface area (Å²) in [6.07, 6.45) is 1.81. The normalized spacial score (nSPS) is 14.0. The molecule has 1 aliphatic rings. The minimum absolute atomic E-state index is 0.579. The molecule has 1 aromatic heterocycles. The van der Waals surface area contributed by atoms with Gasteiger partial charge in [0.25, 0.3) is 0 Å². The fourth-order valence-electron chi connectivity index (χ4n) is 3.58. The number of benzene rings is 2. The lowest BCUT2D eigenvalue weighted by atomic mass is 10.2. The molecule has 0 spiro atoms. The molecule has 1 saturated heterocycles. The van der Waals surface area contributed by atoms with E-state index in [1.807, 2.05) is 37.3 Å². The summed E-state index contributed by atoms with van der Waals surface area (Å²) in [6, 6.07) is 18.5. The Hall–Kier alpha value is -3.28. The Balaban J connectivity index is 1.43. The number of rotatable bonds is 6. The average molecular weight is 390 g/mol. The van der Waals surface area contributed by atoms with Gasteiger partial charge >= 0.3 is 0 Å². The highest BCUT2D eigenvalue weighted by molar-refractivity contribution is 5.63. The number of ether oxygens (including phenoxy) is 1. The fraction of sp³-hybridized carbons (Fsp3) is 0.304. The second kappa shape index (κ2) is 8.82. The molecule has 3 aromatic rings. The second-order valence-electron chi connectivity index (χ2n) is 7.11. The Kier molecular flexibility index (Phi) is 5.79. The van der Waals surface area contributed by atoms with Crippen LogP contribution >= 0.6 is 0 Å². The molecule has 6 heteroatoms. The van der Waals surface area contributed by atoms with Crippen LogP contribution in [0, 0.1) is 6.92 Å². The smallest absolute Gasteiger partial charge is 0.229 e. The van der Waals surface area contributed by atoms with Crippen LogP contribution in [0.1, 0.15) is 12.5 Å². The molecule has 0 saturated carbocycles. The van der Waals surface area contributed by atoms with Crippen molar-refractivity contribution in [1.82, 2.24) is 9.97 Å². The van der Waals surface area contributed by atoms with Crippen LogP contribution in [0.25, 0.3) is 0 Å². The Labute approximate surface area is 172 Å². The zero-order chi connectivity index (χ0) is 20.1. The van der Waals surface area contributed by atoms with Gasteiger partial charge in [-0.1, -0.05) is 24.3 Å². The largest absolute Gasteiger partial charge is 0.492 e. The summed E-state index contributed by atoms with van der Waals surface area (Å²) in [6.45, 7) is 8.54. The van der Waals surface area contributed by atoms with E-state index in [9.17, 15) is 0 Å². The van der Waals surface area contributed by atoms with Crippen molar-refractivity contribution < 1.29 is 4.74 Å². The van der Waals surface area contributed by atoms with Crippen LogP contribution in [0.4, 0.5) is 23.1 Å². The summed E-state index contributed by atoms with van der Waals surface area (Å²) in [5.41, 5.74) is 3.46. The van der Waals surface area contributed by atoms with Crippen molar-refractivity contribution in [2.24, 2.45) is 0 Å². The first-order valence-corrected chi connectivity index (χ1v) is 10.1. The number of piperazine rings is 1. The maximum absolute atomic E-state index is 5.68. The predicted octanol–water partition coefficient (Wildman–Crippen LogP) is 4.25. The number of hydrogen-bond acceptors (Lipinski definition) is 6. The van der Waals surface area contributed by atoms with E-state index in [2.05, 4.69) is 51.3 Å². The molecular formula is C23H27N5O. The SMILES string of the molecule is CCOc1ccccc1Nc1nccc(N2CCN(c3cccc(C)c3)CC2)n1. The first-order chi connectivity index (χ1) is 14.2. The first-order valence-electron chi connectivity index (χ1n) is 10.1. The van der Waals surface area contributed by atoms with Gasteiger partial charge in [0.1, 0.15) is 11.6 Å². The zero-order valence-corrected chi connectivity index (χ0v) is 17.0. The third kappa shape index (κ3) is 4.59. The first kappa shape index (κ1) is 19.1. The van der Waals surface area contributed by atoms with Gasteiger partial charge in [-0.05, 0) is 49.7 Å². The zero-order valence-electron chi connectivity index (χ0n) is 17.0. The molecule has 6 nitrogen and oxygen atoms in total. The van der Waals surface area contributed by atoms with E-state index >= 15 is 0 Å². The lowest BCUT2D eigenvalue weighted by molar-refractivity contribution is 0.342. The van der Waals surface area contributed by atoms with Crippen molar-refractivity contribution in [3.63, 3.8) is 0 Å². The van der Waals surface area contributed by atoms with Crippen molar-refractivity contribution in [3.8, 4) is 5.75 Å². The van der Waals surface area contributed by atoms with Crippen LogP contribution in [0.2, 0.25) is 0 Å². The molecule has 1 N–H and O–H groups in total. The van der Waals surface area contributed by atoms with E-state index in [0.717, 1.165) is 43.4 Å². The Morgan fingerprint density at radius 1 is 0.966 bits per heavy atom. The van der Waals surface area contributed by atoms with E-state index in [1.165, 1.54) is 11.3 Å². The van der Waals surface area contributed by atoms with Crippen LogP contribution < -0.4 is 19.9 Å². The minimum atomic E-state index is 0.579. The number of anilines is 4. The lowest BCUT2D eigenvalue weighted by Crippen LogP contribution is -2.46. The highest BCUT2D eigenvalue weighted by atomic mass is 16.5. The number of para-hydroxylation sites is 2. The van der Waals surface area contributed by atoms with E-state index < -0.39 is 0 Å². The maximum atomic E-state index is 5.68. The second-order valence-corrected chi connectivity index (χ2v) is 7.11. The number of nitrogens with one attached hydrogen (secondary N) is 1. The fourth-order valence-corrected chi connectivity index (χ4v) is 3.58. The highest BCUT2D eigenvalue weighted by Crippen LogP contribution is 2.27. The predicted molar refractivity (Wildman–Crippen MR) is 119 cm³/mol. The molecule has 2 aromatic carbocycles. The van der Waals surface area contributed by atoms with E-state index in [-0.39, 0.29) is 0 Å². The van der Waals surface area contributed by atoms with Gasteiger partial charge in [-0.15, -0.1) is 0 Å². The van der Waals surface area contributed by atoms with Crippen molar-refractivity contribution in [2.45, 2.75) is 13.8 Å². The monoisotopic (exact) mass is 389 g/mol. The Bertz CT molecular complexity index is 953. The van der Waals surface area contributed by atoms with Gasteiger partial charge in [-0.3, -0.25) is 0 Å². The summed E-state index contributed by atoms with van der Waals surface area (Å²) >= 11 is 0. The molecule has 1 fully saturated rings. The third-order valence-electron chi connectivity index (χ3n) is 5.04. The van der Waals surface area contributed by atoms with Crippen LogP contribution in [0.3, 0.4) is 0 Å². The number of aryl methyl sites for hydroxylation is 1. The molecule has 0 unspecified atom stereocenters. The molecule has 150 valence electrons. The molecular weight excluding hydrogens is 362 g/mol. The molecule has 0 radical (unpaired) electrons. The summed E-state index contributed by atoms with van der Waals surface area (Å²) in [7, 11) is 0. The molecule has 1 aliphatic heterocycles. The van der Waals surface area contributed by atoms with Gasteiger partial charge in [0, 0.05) is 38.1 Å². The van der Waals surface area contributed by atoms with Crippen molar-refractivity contribution in [2.75, 3.05) is 47.9 Å². The third-order valence-corrected chi connectivity index (χ3v) is 5.04. The molecule has 29 heavy (non-hydrogen) atoms. The molecule has 0 atom stereocenters. The van der Waals surface area contributed by atoms with E-state index in [1.54, 1.807) is 6.20 Å². The topological polar surface area (TPSA) is 53.5 Å². The minimum Gasteiger partial charge on any atom is -0.492 e. The van der Waals surface area contributed by atoms with E-state index in [0.29, 0.717) is 12.6 Å². The van der Waals surface area contributed by atoms with Crippen LogP contribution in [-0.4, -0.2) is 42.8 Å². The molecule has 4 rings (SSSR count). The molecule has 2 heterocycles. The van der Waals surface area contributed by atoms with Crippen LogP contribution in [0.5, 0.6) is 5.75 Å². The van der Waals surface area contributed by atoms with Gasteiger partial charge in [0.05, 0.1) is 12.3 Å². The maximum Gasteiger partial charge on any atom is 0.229 e. The van der Waals surface area contributed by atoms with Gasteiger partial charge in [-0.2, -0.15) is 4.98 Å². The lowest BCUT2D eigenvalue weighted by Gasteiger charge is -2.36. The van der Waals surface area contributed by atoms with Crippen LogP contribution in [-0.2, 0) is 0 Å². The van der Waals surface area contributed by atoms with E-state index in [4.69, 9.17) is 9.72 Å². The quantitative estimate of drug-likeness (QED) is 0.680. The van der Waals surface area contributed by atoms with Gasteiger partial charge in [-0.25, -0.2) is 4.98 Å². The average Bonchev–Trinajstić information content (AvgIpc) is 2.76. The summed E-state index contributed by atoms with van der Waals surface area (Å²) in [5, 5.41) is 3.29. The number of hydrogen-bond donors (Lipinski definition) is 1. The summed E-state index contributed by atoms with van der Waals surface area (Å²) in [5.74, 6) is 2.33. The molecule has 0 aliphatic carbocycles. The van der Waals surface area contributed by atoms with Crippen molar-refractivity contribution in [1.29, 1.82) is 0 Å². The van der Waals surface area contributed by atoms with Gasteiger partial charge in [0.2, 0.25) is 5.95 Å². The molecule has 0 amide bonds. The standard InChI is InChI=1S/C23H27N5O/c1-3-29-21-10-5-4-9-20(21)25-23-24-12-11-22(26-23)28-15-13-27(14-16-28)19-8-6-7-18(2)17-19/h4-12,17H,3,13-16H2,1-2H3,(H,24,25,26). The highest BCUT2D eigenvalue weighted by Gasteiger charge is 2.19. The van der Waals surface area contributed by atoms with Gasteiger partial charge in [0.15, 0.2) is 0 Å². The summed E-state index contributed by atoms with van der Waals surface area (Å²) in [4.78, 5) is 13.9. The number of nitrogens with zero attached hydrogens (tertiary/aromatic N) is 4. The van der Waals surface area contributed by atoms with Crippen molar-refractivity contribution >= 4 is 23.1 Å².